The third-order valence-corrected chi connectivity index (χ3v) is 5.38. The first-order valence-corrected chi connectivity index (χ1v) is 10.5. The van der Waals surface area contributed by atoms with Crippen LogP contribution in [-0.4, -0.2) is 40.8 Å². The molecule has 0 fully saturated rings. The maximum absolute atomic E-state index is 11.7. The van der Waals surface area contributed by atoms with E-state index < -0.39 is 15.8 Å². The van der Waals surface area contributed by atoms with E-state index in [-0.39, 0.29) is 24.0 Å². The summed E-state index contributed by atoms with van der Waals surface area (Å²) in [6.07, 6.45) is 1.20. The summed E-state index contributed by atoms with van der Waals surface area (Å²) in [6, 6.07) is 6.84. The van der Waals surface area contributed by atoms with Crippen molar-refractivity contribution in [1.29, 1.82) is 0 Å². The first-order valence-electron chi connectivity index (χ1n) is 8.57. The normalized spacial score (nSPS) is 11.6. The van der Waals surface area contributed by atoms with Crippen LogP contribution in [0.3, 0.4) is 0 Å². The number of carbonyl (C=O) groups excluding carboxylic acids is 1. The number of sulfone groups is 1. The number of methoxy groups -OCH3 is 1. The predicted molar refractivity (Wildman–Crippen MR) is 122 cm³/mol. The molecule has 2 N–H and O–H groups in total. The number of hydrogen-bond acceptors (Lipinski definition) is 6. The Morgan fingerprint density at radius 3 is 2.38 bits per heavy atom. The molecule has 0 radical (unpaired) electrons. The molecule has 0 spiro atoms. The fraction of sp³-hybridized carbons (Fsp3) is 0.368. The number of aryl methyl sites for hydroxylation is 2. The average Bonchev–Trinajstić information content (AvgIpc) is 3.01. The van der Waals surface area contributed by atoms with E-state index in [1.165, 1.54) is 13.4 Å². The van der Waals surface area contributed by atoms with Crippen molar-refractivity contribution in [3.8, 4) is 0 Å². The Morgan fingerprint density at radius 1 is 1.17 bits per heavy atom. The van der Waals surface area contributed by atoms with E-state index in [2.05, 4.69) is 15.6 Å². The van der Waals surface area contributed by atoms with Gasteiger partial charge in [0.2, 0.25) is 0 Å². The van der Waals surface area contributed by atoms with Crippen LogP contribution in [-0.2, 0) is 27.7 Å². The van der Waals surface area contributed by atoms with Gasteiger partial charge in [-0.3, -0.25) is 4.99 Å². The van der Waals surface area contributed by atoms with Gasteiger partial charge in [-0.25, -0.2) is 13.2 Å². The zero-order chi connectivity index (χ0) is 20.9. The highest BCUT2D eigenvalue weighted by Gasteiger charge is 2.15. The van der Waals surface area contributed by atoms with Gasteiger partial charge in [-0.15, -0.1) is 24.0 Å². The van der Waals surface area contributed by atoms with Gasteiger partial charge in [-0.1, -0.05) is 12.1 Å². The molecule has 1 aromatic heterocycles. The second kappa shape index (κ2) is 10.6. The van der Waals surface area contributed by atoms with Crippen molar-refractivity contribution in [3.63, 3.8) is 0 Å². The number of aliphatic imine (C=N–C) groups is 1. The first-order chi connectivity index (χ1) is 13.2. The average molecular weight is 535 g/mol. The zero-order valence-corrected chi connectivity index (χ0v) is 20.2. The molecule has 0 saturated heterocycles. The topological polar surface area (TPSA) is 110 Å². The lowest BCUT2D eigenvalue weighted by atomic mass is 10.1. The van der Waals surface area contributed by atoms with Crippen molar-refractivity contribution in [2.24, 2.45) is 4.99 Å². The standard InChI is InChI=1S/C19H25N3O5S.HI/c1-12-8-14(6-7-17(12)28(5,24)25)10-21-19(20-3)22-11-15-9-16(13(2)27-15)18(23)26-4;/h6-9H,10-11H2,1-5H3,(H2,20,21,22);1H. The maximum Gasteiger partial charge on any atom is 0.341 e. The molecule has 0 bridgehead atoms. The molecule has 0 aliphatic carbocycles. The zero-order valence-electron chi connectivity index (χ0n) is 17.0. The summed E-state index contributed by atoms with van der Waals surface area (Å²) in [5.74, 6) is 1.17. The van der Waals surface area contributed by atoms with Crippen molar-refractivity contribution in [3.05, 3.63) is 52.5 Å². The van der Waals surface area contributed by atoms with Crippen LogP contribution in [0.4, 0.5) is 0 Å². The fourth-order valence-corrected chi connectivity index (χ4v) is 3.72. The molecule has 29 heavy (non-hydrogen) atoms. The third kappa shape index (κ3) is 6.74. The van der Waals surface area contributed by atoms with E-state index in [9.17, 15) is 13.2 Å². The summed E-state index contributed by atoms with van der Waals surface area (Å²) in [5.41, 5.74) is 2.02. The summed E-state index contributed by atoms with van der Waals surface area (Å²) in [7, 11) is -0.273. The number of ether oxygens (including phenoxy) is 1. The highest BCUT2D eigenvalue weighted by atomic mass is 127. The van der Waals surface area contributed by atoms with Crippen LogP contribution in [0.15, 0.2) is 38.6 Å². The Kier molecular flexibility index (Phi) is 9.14. The Hall–Kier alpha value is -2.08. The van der Waals surface area contributed by atoms with Gasteiger partial charge in [-0.2, -0.15) is 0 Å². The van der Waals surface area contributed by atoms with Crippen molar-refractivity contribution in [2.45, 2.75) is 31.8 Å². The number of nitrogens with zero attached hydrogens (tertiary/aromatic N) is 1. The summed E-state index contributed by atoms with van der Waals surface area (Å²) in [5, 5.41) is 6.25. The number of guanidine groups is 1. The second-order valence-electron chi connectivity index (χ2n) is 6.33. The van der Waals surface area contributed by atoms with E-state index in [1.54, 1.807) is 39.1 Å². The molecule has 160 valence electrons. The summed E-state index contributed by atoms with van der Waals surface area (Å²) in [4.78, 5) is 16.1. The number of nitrogens with one attached hydrogen (secondary N) is 2. The van der Waals surface area contributed by atoms with Gasteiger partial charge < -0.3 is 19.8 Å². The Morgan fingerprint density at radius 2 is 1.83 bits per heavy atom. The molecule has 8 nitrogen and oxygen atoms in total. The number of halogens is 1. The summed E-state index contributed by atoms with van der Waals surface area (Å²) < 4.78 is 33.7. The Labute approximate surface area is 188 Å². The van der Waals surface area contributed by atoms with Crippen LogP contribution in [0.2, 0.25) is 0 Å². The minimum atomic E-state index is -3.23. The van der Waals surface area contributed by atoms with Gasteiger partial charge in [0.25, 0.3) is 0 Å². The van der Waals surface area contributed by atoms with Crippen molar-refractivity contribution in [1.82, 2.24) is 10.6 Å². The number of rotatable bonds is 6. The highest BCUT2D eigenvalue weighted by molar-refractivity contribution is 14.0. The van der Waals surface area contributed by atoms with E-state index in [0.29, 0.717) is 46.6 Å². The quantitative estimate of drug-likeness (QED) is 0.253. The molecule has 0 aliphatic heterocycles. The lowest BCUT2D eigenvalue weighted by Gasteiger charge is -2.12. The highest BCUT2D eigenvalue weighted by Crippen LogP contribution is 2.17. The summed E-state index contributed by atoms with van der Waals surface area (Å²) in [6.45, 7) is 4.27. The molecule has 0 saturated carbocycles. The lowest BCUT2D eigenvalue weighted by molar-refractivity contribution is 0.0599. The van der Waals surface area contributed by atoms with Crippen LogP contribution in [0.25, 0.3) is 0 Å². The monoisotopic (exact) mass is 535 g/mol. The van der Waals surface area contributed by atoms with Crippen LogP contribution in [0.1, 0.15) is 33.0 Å². The van der Waals surface area contributed by atoms with Crippen LogP contribution in [0, 0.1) is 13.8 Å². The number of benzene rings is 1. The molecule has 1 heterocycles. The van der Waals surface area contributed by atoms with E-state index in [1.807, 2.05) is 6.07 Å². The maximum atomic E-state index is 11.7. The molecule has 0 amide bonds. The molecule has 10 heteroatoms. The largest absolute Gasteiger partial charge is 0.465 e. The number of carbonyl (C=O) groups is 1. The number of esters is 1. The number of furan rings is 1. The molecule has 2 aromatic rings. The van der Waals surface area contributed by atoms with Crippen molar-refractivity contribution >= 4 is 45.7 Å². The van der Waals surface area contributed by atoms with Gasteiger partial charge in [-0.05, 0) is 37.1 Å². The van der Waals surface area contributed by atoms with E-state index >= 15 is 0 Å². The minimum Gasteiger partial charge on any atom is -0.465 e. The second-order valence-corrected chi connectivity index (χ2v) is 8.31. The van der Waals surface area contributed by atoms with Gasteiger partial charge in [0.1, 0.15) is 17.1 Å². The molecule has 0 atom stereocenters. The summed E-state index contributed by atoms with van der Waals surface area (Å²) >= 11 is 0. The van der Waals surface area contributed by atoms with E-state index in [0.717, 1.165) is 5.56 Å². The smallest absolute Gasteiger partial charge is 0.341 e. The molecule has 0 aliphatic rings. The van der Waals surface area contributed by atoms with Gasteiger partial charge in [0.05, 0.1) is 18.6 Å². The number of hydrogen-bond donors (Lipinski definition) is 2. The van der Waals surface area contributed by atoms with Crippen molar-refractivity contribution < 1.29 is 22.4 Å². The lowest BCUT2D eigenvalue weighted by Crippen LogP contribution is -2.36. The molecule has 1 aromatic carbocycles. The minimum absolute atomic E-state index is 0. The Balaban J connectivity index is 0.00000420. The molecule has 0 unspecified atom stereocenters. The predicted octanol–water partition coefficient (Wildman–Crippen LogP) is 2.57. The van der Waals surface area contributed by atoms with Crippen LogP contribution < -0.4 is 10.6 Å². The van der Waals surface area contributed by atoms with Gasteiger partial charge in [0.15, 0.2) is 15.8 Å². The molecular formula is C19H26IN3O5S. The third-order valence-electron chi connectivity index (χ3n) is 4.13. The first kappa shape index (κ1) is 25.0. The van der Waals surface area contributed by atoms with Gasteiger partial charge >= 0.3 is 5.97 Å². The SMILES string of the molecule is CN=C(NCc1ccc(S(C)(=O)=O)c(C)c1)NCc1cc(C(=O)OC)c(C)o1.I. The fourth-order valence-electron chi connectivity index (χ4n) is 2.76. The Bertz CT molecular complexity index is 999. The molecular weight excluding hydrogens is 509 g/mol. The molecule has 2 rings (SSSR count). The van der Waals surface area contributed by atoms with Crippen LogP contribution >= 0.6 is 24.0 Å². The van der Waals surface area contributed by atoms with E-state index in [4.69, 9.17) is 9.15 Å². The van der Waals surface area contributed by atoms with Crippen molar-refractivity contribution in [2.75, 3.05) is 20.4 Å². The van der Waals surface area contributed by atoms with Crippen LogP contribution in [0.5, 0.6) is 0 Å². The van der Waals surface area contributed by atoms with Gasteiger partial charge in [0, 0.05) is 19.8 Å².